The summed E-state index contributed by atoms with van der Waals surface area (Å²) in [4.78, 5) is 29.4. The van der Waals surface area contributed by atoms with Crippen molar-refractivity contribution in [1.29, 1.82) is 0 Å². The molecule has 0 aromatic heterocycles. The predicted octanol–water partition coefficient (Wildman–Crippen LogP) is 2.89. The van der Waals surface area contributed by atoms with Gasteiger partial charge in [-0.05, 0) is 73.2 Å². The maximum Gasteiger partial charge on any atom is 0.282 e. The first kappa shape index (κ1) is 17.1. The predicted molar refractivity (Wildman–Crippen MR) is 92.6 cm³/mol. The molecule has 2 amide bonds. The van der Waals surface area contributed by atoms with Gasteiger partial charge < -0.3 is 0 Å². The monoisotopic (exact) mass is 340 g/mol. The number of carbonyl (C=O) groups is 2. The Labute approximate surface area is 145 Å². The highest BCUT2D eigenvalue weighted by Crippen LogP contribution is 2.27. The van der Waals surface area contributed by atoms with Crippen LogP contribution in [0.15, 0.2) is 42.5 Å². The van der Waals surface area contributed by atoms with Gasteiger partial charge in [-0.1, -0.05) is 6.07 Å². The van der Waals surface area contributed by atoms with Crippen LogP contribution in [0.4, 0.5) is 5.69 Å². The highest BCUT2D eigenvalue weighted by molar-refractivity contribution is 6.05. The summed E-state index contributed by atoms with van der Waals surface area (Å²) in [6, 6.07) is 11.9. The summed E-state index contributed by atoms with van der Waals surface area (Å²) in [6.45, 7) is 0. The quantitative estimate of drug-likeness (QED) is 0.663. The third-order valence-electron chi connectivity index (χ3n) is 4.43. The molecule has 0 heterocycles. The minimum atomic E-state index is -0.628. The van der Waals surface area contributed by atoms with E-state index >= 15 is 0 Å². The molecule has 0 aliphatic heterocycles. The fraction of sp³-hybridized carbons (Fsp3) is 0.263. The van der Waals surface area contributed by atoms with Gasteiger partial charge in [-0.15, -0.1) is 0 Å². The van der Waals surface area contributed by atoms with Crippen molar-refractivity contribution in [2.24, 2.45) is 0 Å². The Morgan fingerprint density at radius 1 is 1.00 bits per heavy atom. The average molecular weight is 340 g/mol. The summed E-state index contributed by atoms with van der Waals surface area (Å²) in [7, 11) is 1.45. The van der Waals surface area contributed by atoms with Crippen LogP contribution in [-0.4, -0.2) is 24.1 Å². The molecule has 0 saturated heterocycles. The van der Waals surface area contributed by atoms with Crippen LogP contribution in [0, 0.1) is 0 Å². The van der Waals surface area contributed by atoms with E-state index in [1.165, 1.54) is 54.0 Å². The van der Waals surface area contributed by atoms with Gasteiger partial charge in [0.1, 0.15) is 0 Å². The number of amides is 2. The molecule has 3 rings (SSSR count). The number of carbonyl (C=O) groups excluding carboxylic acids is 2. The summed E-state index contributed by atoms with van der Waals surface area (Å²) in [6.07, 6.45) is 4.45. The van der Waals surface area contributed by atoms with Gasteiger partial charge in [0.2, 0.25) is 0 Å². The molecule has 25 heavy (non-hydrogen) atoms. The van der Waals surface area contributed by atoms with Crippen LogP contribution in [0.25, 0.3) is 0 Å². The molecule has 0 bridgehead atoms. The van der Waals surface area contributed by atoms with E-state index in [1.807, 2.05) is 12.1 Å². The minimum Gasteiger partial charge on any atom is -0.288 e. The number of hydroxylamine groups is 2. The van der Waals surface area contributed by atoms with E-state index in [9.17, 15) is 9.59 Å². The Bertz CT molecular complexity index is 787. The Morgan fingerprint density at radius 3 is 2.28 bits per heavy atom. The van der Waals surface area contributed by atoms with Crippen LogP contribution in [0.3, 0.4) is 0 Å². The van der Waals surface area contributed by atoms with Gasteiger partial charge in [0.15, 0.2) is 0 Å². The molecule has 6 heteroatoms. The molecule has 0 radical (unpaired) electrons. The maximum absolute atomic E-state index is 12.7. The Hall–Kier alpha value is -2.70. The van der Waals surface area contributed by atoms with Crippen molar-refractivity contribution in [3.8, 4) is 0 Å². The second-order valence-electron chi connectivity index (χ2n) is 5.96. The highest BCUT2D eigenvalue weighted by atomic mass is 16.7. The fourth-order valence-corrected chi connectivity index (χ4v) is 3.10. The SMILES string of the molecule is CON(C(=O)c1ccc(C(=O)NO)cc1)c1ccc2c(c1)CCCC2. The molecule has 0 fully saturated rings. The number of rotatable bonds is 4. The van der Waals surface area contributed by atoms with Gasteiger partial charge in [0.25, 0.3) is 11.8 Å². The lowest BCUT2D eigenvalue weighted by molar-refractivity contribution is 0.0705. The molecule has 0 unspecified atom stereocenters. The van der Waals surface area contributed by atoms with Crippen molar-refractivity contribution in [2.75, 3.05) is 12.2 Å². The molecule has 1 aliphatic rings. The van der Waals surface area contributed by atoms with Crippen molar-refractivity contribution in [1.82, 2.24) is 5.48 Å². The Morgan fingerprint density at radius 2 is 1.64 bits per heavy atom. The molecule has 2 aromatic rings. The number of nitrogens with one attached hydrogen (secondary N) is 1. The number of aryl methyl sites for hydroxylation is 2. The molecule has 130 valence electrons. The zero-order valence-corrected chi connectivity index (χ0v) is 14.0. The first-order chi connectivity index (χ1) is 12.1. The van der Waals surface area contributed by atoms with Crippen molar-refractivity contribution in [3.05, 3.63) is 64.7 Å². The lowest BCUT2D eigenvalue weighted by Gasteiger charge is -2.23. The number of benzene rings is 2. The minimum absolute atomic E-state index is 0.261. The van der Waals surface area contributed by atoms with Crippen LogP contribution < -0.4 is 10.5 Å². The molecule has 6 nitrogen and oxygen atoms in total. The maximum atomic E-state index is 12.7. The van der Waals surface area contributed by atoms with E-state index in [4.69, 9.17) is 10.0 Å². The third kappa shape index (κ3) is 3.55. The molecule has 0 saturated carbocycles. The largest absolute Gasteiger partial charge is 0.288 e. The second-order valence-corrected chi connectivity index (χ2v) is 5.96. The first-order valence-corrected chi connectivity index (χ1v) is 8.19. The number of hydrogen-bond acceptors (Lipinski definition) is 4. The zero-order valence-electron chi connectivity index (χ0n) is 14.0. The van der Waals surface area contributed by atoms with E-state index in [-0.39, 0.29) is 11.5 Å². The second kappa shape index (κ2) is 7.46. The average Bonchev–Trinajstić information content (AvgIpc) is 2.68. The standard InChI is InChI=1S/C19H20N2O4/c1-25-21(17-11-10-13-4-2-3-5-16(13)12-17)19(23)15-8-6-14(7-9-15)18(22)20-24/h6-12,24H,2-5H2,1H3,(H,20,22). The summed E-state index contributed by atoms with van der Waals surface area (Å²) >= 11 is 0. The van der Waals surface area contributed by atoms with Crippen LogP contribution in [0.1, 0.15) is 44.7 Å². The topological polar surface area (TPSA) is 78.9 Å². The number of hydrogen-bond donors (Lipinski definition) is 2. The van der Waals surface area contributed by atoms with Gasteiger partial charge in [0.05, 0.1) is 12.8 Å². The van der Waals surface area contributed by atoms with Crippen molar-refractivity contribution < 1.29 is 19.6 Å². The summed E-state index contributed by atoms with van der Waals surface area (Å²) in [5.74, 6) is -0.952. The van der Waals surface area contributed by atoms with E-state index < -0.39 is 5.91 Å². The van der Waals surface area contributed by atoms with Gasteiger partial charge in [-0.2, -0.15) is 5.06 Å². The van der Waals surface area contributed by atoms with Gasteiger partial charge >= 0.3 is 0 Å². The van der Waals surface area contributed by atoms with Gasteiger partial charge in [-0.25, -0.2) is 5.48 Å². The molecule has 2 aromatic carbocycles. The summed E-state index contributed by atoms with van der Waals surface area (Å²) in [5.41, 5.74) is 5.48. The fourth-order valence-electron chi connectivity index (χ4n) is 3.10. The van der Waals surface area contributed by atoms with Crippen LogP contribution >= 0.6 is 0 Å². The lowest BCUT2D eigenvalue weighted by Crippen LogP contribution is -2.30. The zero-order chi connectivity index (χ0) is 17.8. The van der Waals surface area contributed by atoms with Crippen LogP contribution in [-0.2, 0) is 17.7 Å². The van der Waals surface area contributed by atoms with Crippen molar-refractivity contribution >= 4 is 17.5 Å². The third-order valence-corrected chi connectivity index (χ3v) is 4.43. The van der Waals surface area contributed by atoms with Gasteiger partial charge in [-0.3, -0.25) is 19.6 Å². The summed E-state index contributed by atoms with van der Waals surface area (Å²) in [5, 5.41) is 9.89. The molecule has 1 aliphatic carbocycles. The van der Waals surface area contributed by atoms with Crippen LogP contribution in [0.5, 0.6) is 0 Å². The Balaban J connectivity index is 1.85. The number of fused-ring (bicyclic) bond motifs is 1. The van der Waals surface area contributed by atoms with E-state index in [1.54, 1.807) is 5.48 Å². The van der Waals surface area contributed by atoms with E-state index in [0.29, 0.717) is 11.3 Å². The lowest BCUT2D eigenvalue weighted by atomic mass is 9.91. The number of anilines is 1. The number of nitrogens with zero attached hydrogens (tertiary/aromatic N) is 1. The highest BCUT2D eigenvalue weighted by Gasteiger charge is 2.20. The van der Waals surface area contributed by atoms with Crippen molar-refractivity contribution in [3.63, 3.8) is 0 Å². The smallest absolute Gasteiger partial charge is 0.282 e. The first-order valence-electron chi connectivity index (χ1n) is 8.19. The molecule has 0 spiro atoms. The molecular formula is C19H20N2O4. The van der Waals surface area contributed by atoms with Crippen molar-refractivity contribution in [2.45, 2.75) is 25.7 Å². The molecule has 0 atom stereocenters. The summed E-state index contributed by atoms with van der Waals surface area (Å²) < 4.78 is 0. The van der Waals surface area contributed by atoms with Gasteiger partial charge in [0, 0.05) is 11.1 Å². The molecular weight excluding hydrogens is 320 g/mol. The van der Waals surface area contributed by atoms with E-state index in [0.717, 1.165) is 19.3 Å². The normalized spacial score (nSPS) is 13.0. The van der Waals surface area contributed by atoms with Crippen LogP contribution in [0.2, 0.25) is 0 Å². The molecule has 2 N–H and O–H groups in total. The Kier molecular flexibility index (Phi) is 5.11. The van der Waals surface area contributed by atoms with E-state index in [2.05, 4.69) is 6.07 Å².